The summed E-state index contributed by atoms with van der Waals surface area (Å²) >= 11 is 2.02. The van der Waals surface area contributed by atoms with Gasteiger partial charge in [-0.05, 0) is 30.4 Å². The minimum Gasteiger partial charge on any atom is -0.371 e. The maximum atomic E-state index is 8.84. The number of anilines is 1. The summed E-state index contributed by atoms with van der Waals surface area (Å²) in [6, 6.07) is 10.1. The van der Waals surface area contributed by atoms with Crippen molar-refractivity contribution in [2.75, 3.05) is 29.5 Å². The molecule has 0 amide bonds. The monoisotopic (exact) mass is 218 g/mol. The van der Waals surface area contributed by atoms with Gasteiger partial charge in [0.1, 0.15) is 0 Å². The van der Waals surface area contributed by atoms with Gasteiger partial charge in [0.2, 0.25) is 0 Å². The van der Waals surface area contributed by atoms with Crippen LogP contribution < -0.4 is 4.90 Å². The predicted molar refractivity (Wildman–Crippen MR) is 65.3 cm³/mol. The van der Waals surface area contributed by atoms with Crippen LogP contribution in [-0.4, -0.2) is 24.6 Å². The molecule has 2 rings (SSSR count). The molecule has 0 spiro atoms. The smallest absolute Gasteiger partial charge is 0.0992 e. The van der Waals surface area contributed by atoms with Gasteiger partial charge in [-0.2, -0.15) is 17.0 Å². The van der Waals surface area contributed by atoms with Crippen LogP contribution in [0.5, 0.6) is 0 Å². The zero-order chi connectivity index (χ0) is 10.5. The van der Waals surface area contributed by atoms with Crippen molar-refractivity contribution in [2.24, 2.45) is 0 Å². The molecule has 1 aliphatic heterocycles. The van der Waals surface area contributed by atoms with E-state index in [4.69, 9.17) is 5.26 Å². The van der Waals surface area contributed by atoms with Crippen molar-refractivity contribution in [3.63, 3.8) is 0 Å². The number of nitriles is 1. The van der Waals surface area contributed by atoms with E-state index in [1.165, 1.54) is 23.6 Å². The molecule has 1 heterocycles. The first-order valence-electron chi connectivity index (χ1n) is 5.23. The van der Waals surface area contributed by atoms with Crippen LogP contribution >= 0.6 is 11.8 Å². The Kier molecular flexibility index (Phi) is 3.52. The molecule has 1 aromatic carbocycles. The summed E-state index contributed by atoms with van der Waals surface area (Å²) < 4.78 is 0. The summed E-state index contributed by atoms with van der Waals surface area (Å²) in [7, 11) is 0. The van der Waals surface area contributed by atoms with Crippen molar-refractivity contribution in [1.82, 2.24) is 0 Å². The third-order valence-electron chi connectivity index (χ3n) is 2.56. The van der Waals surface area contributed by atoms with Crippen LogP contribution in [0.25, 0.3) is 0 Å². The molecule has 1 fully saturated rings. The van der Waals surface area contributed by atoms with Gasteiger partial charge in [-0.1, -0.05) is 6.07 Å². The van der Waals surface area contributed by atoms with Gasteiger partial charge in [0.15, 0.2) is 0 Å². The minimum atomic E-state index is 0.754. The van der Waals surface area contributed by atoms with Crippen LogP contribution in [0.4, 0.5) is 5.69 Å². The van der Waals surface area contributed by atoms with Gasteiger partial charge in [-0.25, -0.2) is 0 Å². The van der Waals surface area contributed by atoms with Gasteiger partial charge >= 0.3 is 0 Å². The van der Waals surface area contributed by atoms with Gasteiger partial charge < -0.3 is 4.90 Å². The quantitative estimate of drug-likeness (QED) is 0.724. The SMILES string of the molecule is N#Cc1cccc(N2CCCSCC2)c1. The predicted octanol–water partition coefficient (Wildman–Crippen LogP) is 2.50. The summed E-state index contributed by atoms with van der Waals surface area (Å²) in [5.74, 6) is 2.45. The van der Waals surface area contributed by atoms with Crippen molar-refractivity contribution >= 4 is 17.4 Å². The molecule has 15 heavy (non-hydrogen) atoms. The summed E-state index contributed by atoms with van der Waals surface area (Å²) in [5, 5.41) is 8.84. The Morgan fingerprint density at radius 1 is 1.27 bits per heavy atom. The average molecular weight is 218 g/mol. The lowest BCUT2D eigenvalue weighted by atomic mass is 10.2. The van der Waals surface area contributed by atoms with E-state index in [9.17, 15) is 0 Å². The van der Waals surface area contributed by atoms with Crippen molar-refractivity contribution in [2.45, 2.75) is 6.42 Å². The Balaban J connectivity index is 2.16. The zero-order valence-electron chi connectivity index (χ0n) is 8.65. The second-order valence-corrected chi connectivity index (χ2v) is 4.84. The number of hydrogen-bond donors (Lipinski definition) is 0. The molecule has 0 atom stereocenters. The number of hydrogen-bond acceptors (Lipinski definition) is 3. The highest BCUT2D eigenvalue weighted by molar-refractivity contribution is 7.99. The molecule has 1 aliphatic rings. The molecule has 0 aromatic heterocycles. The first-order chi connectivity index (χ1) is 7.40. The van der Waals surface area contributed by atoms with Crippen molar-refractivity contribution in [3.05, 3.63) is 29.8 Å². The van der Waals surface area contributed by atoms with Crippen LogP contribution in [0, 0.1) is 11.3 Å². The molecule has 0 radical (unpaired) electrons. The number of rotatable bonds is 1. The van der Waals surface area contributed by atoms with Gasteiger partial charge in [-0.15, -0.1) is 0 Å². The lowest BCUT2D eigenvalue weighted by Crippen LogP contribution is -2.25. The van der Waals surface area contributed by atoms with Crippen LogP contribution in [0.1, 0.15) is 12.0 Å². The van der Waals surface area contributed by atoms with Crippen molar-refractivity contribution < 1.29 is 0 Å². The fourth-order valence-corrected chi connectivity index (χ4v) is 2.66. The fraction of sp³-hybridized carbons (Fsp3) is 0.417. The number of benzene rings is 1. The fourth-order valence-electron chi connectivity index (χ4n) is 1.78. The van der Waals surface area contributed by atoms with E-state index in [2.05, 4.69) is 17.0 Å². The molecule has 0 aliphatic carbocycles. The molecule has 0 saturated carbocycles. The first kappa shape index (κ1) is 10.4. The van der Waals surface area contributed by atoms with E-state index in [1.54, 1.807) is 0 Å². The standard InChI is InChI=1S/C12H14N2S/c13-10-11-3-1-4-12(9-11)14-5-2-7-15-8-6-14/h1,3-4,9H,2,5-8H2. The number of thioether (sulfide) groups is 1. The van der Waals surface area contributed by atoms with Crippen LogP contribution in [0.3, 0.4) is 0 Å². The van der Waals surface area contributed by atoms with E-state index >= 15 is 0 Å². The molecule has 0 unspecified atom stereocenters. The Morgan fingerprint density at radius 3 is 3.07 bits per heavy atom. The van der Waals surface area contributed by atoms with Crippen LogP contribution in [0.15, 0.2) is 24.3 Å². The summed E-state index contributed by atoms with van der Waals surface area (Å²) in [6.45, 7) is 2.21. The molecule has 0 bridgehead atoms. The summed E-state index contributed by atoms with van der Waals surface area (Å²) in [5.41, 5.74) is 1.95. The Morgan fingerprint density at radius 2 is 2.20 bits per heavy atom. The lowest BCUT2D eigenvalue weighted by molar-refractivity contribution is 0.816. The zero-order valence-corrected chi connectivity index (χ0v) is 9.46. The average Bonchev–Trinajstić information content (AvgIpc) is 2.58. The van der Waals surface area contributed by atoms with Crippen molar-refractivity contribution in [1.29, 1.82) is 5.26 Å². The molecular formula is C12H14N2S. The van der Waals surface area contributed by atoms with E-state index < -0.39 is 0 Å². The molecule has 2 nitrogen and oxygen atoms in total. The highest BCUT2D eigenvalue weighted by Crippen LogP contribution is 2.19. The molecule has 1 saturated heterocycles. The Hall–Kier alpha value is -1.14. The van der Waals surface area contributed by atoms with E-state index in [1.807, 2.05) is 30.0 Å². The van der Waals surface area contributed by atoms with Crippen LogP contribution in [-0.2, 0) is 0 Å². The van der Waals surface area contributed by atoms with E-state index in [0.717, 1.165) is 18.7 Å². The van der Waals surface area contributed by atoms with Crippen molar-refractivity contribution in [3.8, 4) is 6.07 Å². The normalized spacial score (nSPS) is 16.9. The highest BCUT2D eigenvalue weighted by atomic mass is 32.2. The maximum Gasteiger partial charge on any atom is 0.0992 e. The van der Waals surface area contributed by atoms with E-state index in [0.29, 0.717) is 0 Å². The maximum absolute atomic E-state index is 8.84. The lowest BCUT2D eigenvalue weighted by Gasteiger charge is -2.22. The Bertz CT molecular complexity index is 362. The second kappa shape index (κ2) is 5.09. The van der Waals surface area contributed by atoms with E-state index in [-0.39, 0.29) is 0 Å². The van der Waals surface area contributed by atoms with Gasteiger partial charge in [-0.3, -0.25) is 0 Å². The van der Waals surface area contributed by atoms with Crippen LogP contribution in [0.2, 0.25) is 0 Å². The largest absolute Gasteiger partial charge is 0.371 e. The number of nitrogens with zero attached hydrogens (tertiary/aromatic N) is 2. The second-order valence-electron chi connectivity index (χ2n) is 3.62. The molecule has 1 aromatic rings. The van der Waals surface area contributed by atoms with Gasteiger partial charge in [0, 0.05) is 24.5 Å². The molecular weight excluding hydrogens is 204 g/mol. The molecule has 0 N–H and O–H groups in total. The third-order valence-corrected chi connectivity index (χ3v) is 3.61. The Labute approximate surface area is 94.9 Å². The van der Waals surface area contributed by atoms with Gasteiger partial charge in [0.25, 0.3) is 0 Å². The summed E-state index contributed by atoms with van der Waals surface area (Å²) in [6.07, 6.45) is 1.24. The topological polar surface area (TPSA) is 27.0 Å². The molecule has 3 heteroatoms. The highest BCUT2D eigenvalue weighted by Gasteiger charge is 2.09. The third kappa shape index (κ3) is 2.66. The first-order valence-corrected chi connectivity index (χ1v) is 6.38. The summed E-state index contributed by atoms with van der Waals surface area (Å²) in [4.78, 5) is 2.38. The van der Waals surface area contributed by atoms with Gasteiger partial charge in [0.05, 0.1) is 11.6 Å². The minimum absolute atomic E-state index is 0.754. The molecule has 78 valence electrons.